The zero-order valence-corrected chi connectivity index (χ0v) is 6.34. The van der Waals surface area contributed by atoms with Crippen LogP contribution >= 0.6 is 0 Å². The van der Waals surface area contributed by atoms with E-state index in [1.54, 1.807) is 0 Å². The summed E-state index contributed by atoms with van der Waals surface area (Å²) in [4.78, 5) is 10.1. The van der Waals surface area contributed by atoms with Gasteiger partial charge in [0.05, 0.1) is 0 Å². The second kappa shape index (κ2) is 5.23. The highest BCUT2D eigenvalue weighted by atomic mass is 16.4. The Morgan fingerprint density at radius 3 is 2.70 bits per heavy atom. The Morgan fingerprint density at radius 2 is 2.30 bits per heavy atom. The van der Waals surface area contributed by atoms with Gasteiger partial charge in [-0.25, -0.2) is 0 Å². The van der Waals surface area contributed by atoms with Gasteiger partial charge in [0.2, 0.25) is 0 Å². The van der Waals surface area contributed by atoms with Crippen LogP contribution in [-0.2, 0) is 4.79 Å². The van der Waals surface area contributed by atoms with E-state index in [0.29, 0.717) is 6.54 Å². The van der Waals surface area contributed by atoms with Crippen LogP contribution in [0.1, 0.15) is 26.2 Å². The Balaban J connectivity index is 3.25. The third-order valence-corrected chi connectivity index (χ3v) is 1.42. The number of carbonyl (C=O) groups is 1. The maximum absolute atomic E-state index is 10.1. The molecular formula is C7H15NO2. The van der Waals surface area contributed by atoms with Gasteiger partial charge >= 0.3 is 5.97 Å². The summed E-state index contributed by atoms with van der Waals surface area (Å²) < 4.78 is 0. The summed E-state index contributed by atoms with van der Waals surface area (Å²) in [6.07, 6.45) is 2.11. The number of hydrogen-bond acceptors (Lipinski definition) is 2. The van der Waals surface area contributed by atoms with Crippen molar-refractivity contribution >= 4 is 5.97 Å². The second-order valence-corrected chi connectivity index (χ2v) is 2.63. The van der Waals surface area contributed by atoms with Crippen molar-refractivity contribution in [2.24, 2.45) is 11.7 Å². The fraction of sp³-hybridized carbons (Fsp3) is 0.857. The van der Waals surface area contributed by atoms with Crippen LogP contribution in [0.5, 0.6) is 0 Å². The minimum absolute atomic E-state index is 0.264. The Bertz CT molecular complexity index is 104. The molecule has 60 valence electrons. The van der Waals surface area contributed by atoms with E-state index in [-0.39, 0.29) is 12.3 Å². The molecule has 0 fully saturated rings. The molecule has 0 saturated carbocycles. The molecule has 0 aliphatic heterocycles. The predicted molar refractivity (Wildman–Crippen MR) is 39.7 cm³/mol. The summed E-state index contributed by atoms with van der Waals surface area (Å²) in [5.41, 5.74) is 5.26. The van der Waals surface area contributed by atoms with Crippen LogP contribution in [-0.4, -0.2) is 17.6 Å². The highest BCUT2D eigenvalue weighted by Crippen LogP contribution is 2.08. The molecule has 1 atom stereocenters. The van der Waals surface area contributed by atoms with Crippen LogP contribution in [0.2, 0.25) is 0 Å². The Labute approximate surface area is 61.2 Å². The summed E-state index contributed by atoms with van der Waals surface area (Å²) in [5.74, 6) is -0.453. The molecule has 0 heterocycles. The lowest BCUT2D eigenvalue weighted by Crippen LogP contribution is -2.07. The van der Waals surface area contributed by atoms with E-state index in [0.717, 1.165) is 12.8 Å². The van der Waals surface area contributed by atoms with Crippen LogP contribution in [0.4, 0.5) is 0 Å². The van der Waals surface area contributed by atoms with Crippen molar-refractivity contribution in [1.29, 1.82) is 0 Å². The Morgan fingerprint density at radius 1 is 1.70 bits per heavy atom. The summed E-state index contributed by atoms with van der Waals surface area (Å²) in [5, 5.41) is 8.35. The molecule has 0 saturated heterocycles. The Hall–Kier alpha value is -0.570. The third kappa shape index (κ3) is 5.56. The van der Waals surface area contributed by atoms with E-state index in [9.17, 15) is 4.79 Å². The van der Waals surface area contributed by atoms with Crippen LogP contribution in [0.15, 0.2) is 0 Å². The molecule has 10 heavy (non-hydrogen) atoms. The van der Waals surface area contributed by atoms with E-state index in [1.165, 1.54) is 0 Å². The lowest BCUT2D eigenvalue weighted by Gasteiger charge is -2.05. The van der Waals surface area contributed by atoms with Crippen molar-refractivity contribution in [1.82, 2.24) is 0 Å². The average molecular weight is 145 g/mol. The fourth-order valence-electron chi connectivity index (χ4n) is 0.866. The van der Waals surface area contributed by atoms with Crippen molar-refractivity contribution < 1.29 is 9.90 Å². The fourth-order valence-corrected chi connectivity index (χ4v) is 0.866. The van der Waals surface area contributed by atoms with Gasteiger partial charge in [0.25, 0.3) is 0 Å². The van der Waals surface area contributed by atoms with Crippen molar-refractivity contribution in [3.8, 4) is 0 Å². The zero-order chi connectivity index (χ0) is 7.98. The van der Waals surface area contributed by atoms with Crippen LogP contribution < -0.4 is 5.73 Å². The van der Waals surface area contributed by atoms with Gasteiger partial charge in [-0.2, -0.15) is 0 Å². The monoisotopic (exact) mass is 145 g/mol. The molecule has 0 aromatic rings. The molecule has 1 unspecified atom stereocenters. The lowest BCUT2D eigenvalue weighted by molar-refractivity contribution is -0.138. The van der Waals surface area contributed by atoms with Gasteiger partial charge in [0.1, 0.15) is 0 Å². The molecule has 0 spiro atoms. The predicted octanol–water partition coefficient (Wildman–Crippen LogP) is 0.836. The van der Waals surface area contributed by atoms with Crippen molar-refractivity contribution in [2.75, 3.05) is 6.54 Å². The first-order chi connectivity index (χ1) is 4.66. The van der Waals surface area contributed by atoms with E-state index in [4.69, 9.17) is 10.8 Å². The molecular weight excluding hydrogens is 130 g/mol. The SMILES string of the molecule is CC(CCCN)CC(=O)O. The highest BCUT2D eigenvalue weighted by Gasteiger charge is 2.05. The molecule has 3 nitrogen and oxygen atoms in total. The topological polar surface area (TPSA) is 63.3 Å². The first-order valence-corrected chi connectivity index (χ1v) is 3.58. The second-order valence-electron chi connectivity index (χ2n) is 2.63. The van der Waals surface area contributed by atoms with Gasteiger partial charge in [-0.3, -0.25) is 4.79 Å². The molecule has 0 aliphatic rings. The van der Waals surface area contributed by atoms with E-state index in [1.807, 2.05) is 6.92 Å². The minimum atomic E-state index is -0.718. The molecule has 3 N–H and O–H groups in total. The van der Waals surface area contributed by atoms with Crippen LogP contribution in [0.3, 0.4) is 0 Å². The van der Waals surface area contributed by atoms with Crippen LogP contribution in [0.25, 0.3) is 0 Å². The highest BCUT2D eigenvalue weighted by molar-refractivity contribution is 5.66. The molecule has 0 bridgehead atoms. The number of carboxylic acids is 1. The van der Waals surface area contributed by atoms with Crippen molar-refractivity contribution in [3.05, 3.63) is 0 Å². The molecule has 0 aromatic heterocycles. The molecule has 0 amide bonds. The van der Waals surface area contributed by atoms with E-state index in [2.05, 4.69) is 0 Å². The van der Waals surface area contributed by atoms with Crippen LogP contribution in [0, 0.1) is 5.92 Å². The molecule has 0 rings (SSSR count). The quantitative estimate of drug-likeness (QED) is 0.602. The third-order valence-electron chi connectivity index (χ3n) is 1.42. The van der Waals surface area contributed by atoms with E-state index < -0.39 is 5.97 Å². The summed E-state index contributed by atoms with van der Waals surface area (Å²) in [6, 6.07) is 0. The molecule has 0 aromatic carbocycles. The zero-order valence-electron chi connectivity index (χ0n) is 6.34. The molecule has 0 aliphatic carbocycles. The standard InChI is InChI=1S/C7H15NO2/c1-6(3-2-4-8)5-7(9)10/h6H,2-5,8H2,1H3,(H,9,10). The van der Waals surface area contributed by atoms with Gasteiger partial charge in [-0.05, 0) is 25.3 Å². The van der Waals surface area contributed by atoms with Gasteiger partial charge in [-0.1, -0.05) is 6.92 Å². The largest absolute Gasteiger partial charge is 0.481 e. The first kappa shape index (κ1) is 9.43. The van der Waals surface area contributed by atoms with E-state index >= 15 is 0 Å². The first-order valence-electron chi connectivity index (χ1n) is 3.58. The maximum Gasteiger partial charge on any atom is 0.303 e. The number of rotatable bonds is 5. The smallest absolute Gasteiger partial charge is 0.303 e. The number of aliphatic carboxylic acids is 1. The number of carboxylic acid groups (broad SMARTS) is 1. The maximum atomic E-state index is 10.1. The Kier molecular flexibility index (Phi) is 4.94. The normalized spacial score (nSPS) is 13.0. The van der Waals surface area contributed by atoms with Gasteiger partial charge < -0.3 is 10.8 Å². The van der Waals surface area contributed by atoms with Gasteiger partial charge in [0, 0.05) is 6.42 Å². The number of nitrogens with two attached hydrogens (primary N) is 1. The summed E-state index contributed by atoms with van der Waals surface area (Å²) in [7, 11) is 0. The number of hydrogen-bond donors (Lipinski definition) is 2. The molecule has 0 radical (unpaired) electrons. The van der Waals surface area contributed by atoms with Gasteiger partial charge in [-0.15, -0.1) is 0 Å². The average Bonchev–Trinajstić information content (AvgIpc) is 1.82. The van der Waals surface area contributed by atoms with Crippen molar-refractivity contribution in [2.45, 2.75) is 26.2 Å². The lowest BCUT2D eigenvalue weighted by atomic mass is 10.0. The summed E-state index contributed by atoms with van der Waals surface area (Å²) in [6.45, 7) is 2.59. The van der Waals surface area contributed by atoms with Gasteiger partial charge in [0.15, 0.2) is 0 Å². The minimum Gasteiger partial charge on any atom is -0.481 e. The van der Waals surface area contributed by atoms with Crippen molar-refractivity contribution in [3.63, 3.8) is 0 Å². The molecule has 3 heteroatoms. The summed E-state index contributed by atoms with van der Waals surface area (Å²) >= 11 is 0.